The van der Waals surface area contributed by atoms with Crippen LogP contribution in [0.1, 0.15) is 21.7 Å². The molecule has 0 saturated heterocycles. The van der Waals surface area contributed by atoms with Gasteiger partial charge in [-0.3, -0.25) is 4.79 Å². The average molecular weight is 418 g/mol. The number of benzene rings is 2. The maximum atomic E-state index is 12.8. The van der Waals surface area contributed by atoms with E-state index in [1.807, 2.05) is 53.4 Å². The van der Waals surface area contributed by atoms with Crippen LogP contribution in [0.4, 0.5) is 4.79 Å². The van der Waals surface area contributed by atoms with E-state index in [0.717, 1.165) is 23.5 Å². The minimum Gasteiger partial charge on any atom is -0.354 e. The number of amides is 3. The van der Waals surface area contributed by atoms with E-state index in [-0.39, 0.29) is 11.9 Å². The van der Waals surface area contributed by atoms with Gasteiger partial charge in [-0.1, -0.05) is 60.7 Å². The van der Waals surface area contributed by atoms with Gasteiger partial charge in [-0.25, -0.2) is 9.78 Å². The fourth-order valence-corrected chi connectivity index (χ4v) is 3.94. The lowest BCUT2D eigenvalue weighted by Crippen LogP contribution is -2.42. The summed E-state index contributed by atoms with van der Waals surface area (Å²) in [4.78, 5) is 31.7. The maximum Gasteiger partial charge on any atom is 0.317 e. The Bertz CT molecular complexity index is 1050. The zero-order chi connectivity index (χ0) is 21.6. The Morgan fingerprint density at radius 3 is 2.39 bits per heavy atom. The van der Waals surface area contributed by atoms with Crippen molar-refractivity contribution in [2.75, 3.05) is 26.7 Å². The molecule has 3 aromatic rings. The molecule has 1 aliphatic heterocycles. The monoisotopic (exact) mass is 417 g/mol. The van der Waals surface area contributed by atoms with Crippen molar-refractivity contribution < 1.29 is 9.59 Å². The molecule has 0 radical (unpaired) electrons. The lowest BCUT2D eigenvalue weighted by Gasteiger charge is -2.21. The van der Waals surface area contributed by atoms with Gasteiger partial charge in [-0.05, 0) is 12.0 Å². The number of imidazole rings is 1. The number of urea groups is 1. The molecule has 2 N–H and O–H groups in total. The molecule has 160 valence electrons. The summed E-state index contributed by atoms with van der Waals surface area (Å²) in [5, 5.41) is 5.71. The van der Waals surface area contributed by atoms with Crippen molar-refractivity contribution in [3.8, 4) is 11.4 Å². The predicted octanol–water partition coefficient (Wildman–Crippen LogP) is 2.72. The lowest BCUT2D eigenvalue weighted by molar-refractivity contribution is 0.0957. The highest BCUT2D eigenvalue weighted by Crippen LogP contribution is 2.25. The molecular formula is C24H27N5O2. The number of carbonyl (C=O) groups excluding carboxylic acids is 2. The fraction of sp³-hybridized carbons (Fsp3) is 0.292. The highest BCUT2D eigenvalue weighted by molar-refractivity contribution is 5.94. The molecule has 1 aliphatic rings. The molecule has 0 aliphatic carbocycles. The number of hydrogen-bond donors (Lipinski definition) is 2. The molecule has 7 nitrogen and oxygen atoms in total. The van der Waals surface area contributed by atoms with Crippen LogP contribution in [0, 0.1) is 0 Å². The molecule has 3 amide bonds. The molecule has 4 rings (SSSR count). The van der Waals surface area contributed by atoms with Gasteiger partial charge in [0.05, 0.1) is 5.69 Å². The standard InChI is InChI=1S/C24H27N5O2/c1-25-23(30)21-20-13-15-28(24(31)26-14-12-18-8-4-2-5-9-18)16-17-29(20)22(27-21)19-10-6-3-7-11-19/h2-11H,12-17H2,1H3,(H,25,30)(H,26,31). The Labute approximate surface area is 182 Å². The van der Waals surface area contributed by atoms with Crippen molar-refractivity contribution in [3.63, 3.8) is 0 Å². The Hall–Kier alpha value is -3.61. The highest BCUT2D eigenvalue weighted by Gasteiger charge is 2.27. The van der Waals surface area contributed by atoms with Gasteiger partial charge in [0, 0.05) is 45.2 Å². The van der Waals surface area contributed by atoms with Gasteiger partial charge in [0.2, 0.25) is 0 Å². The van der Waals surface area contributed by atoms with Gasteiger partial charge < -0.3 is 20.1 Å². The number of aromatic nitrogens is 2. The first-order chi connectivity index (χ1) is 15.2. The van der Waals surface area contributed by atoms with Crippen LogP contribution in [0.3, 0.4) is 0 Å². The summed E-state index contributed by atoms with van der Waals surface area (Å²) in [5.74, 6) is 0.562. The molecule has 0 unspecified atom stereocenters. The number of rotatable bonds is 5. The molecule has 31 heavy (non-hydrogen) atoms. The van der Waals surface area contributed by atoms with Crippen molar-refractivity contribution in [1.29, 1.82) is 0 Å². The summed E-state index contributed by atoms with van der Waals surface area (Å²) in [6.45, 7) is 2.29. The molecule has 1 aromatic heterocycles. The molecule has 2 aromatic carbocycles. The quantitative estimate of drug-likeness (QED) is 0.670. The van der Waals surface area contributed by atoms with Crippen LogP contribution in [-0.2, 0) is 19.4 Å². The van der Waals surface area contributed by atoms with Crippen molar-refractivity contribution in [3.05, 3.63) is 77.6 Å². The van der Waals surface area contributed by atoms with E-state index in [1.165, 1.54) is 5.56 Å². The van der Waals surface area contributed by atoms with E-state index in [2.05, 4.69) is 32.3 Å². The van der Waals surface area contributed by atoms with Crippen molar-refractivity contribution in [1.82, 2.24) is 25.1 Å². The Kier molecular flexibility index (Phi) is 6.31. The minimum atomic E-state index is -0.202. The van der Waals surface area contributed by atoms with Crippen LogP contribution >= 0.6 is 0 Å². The van der Waals surface area contributed by atoms with E-state index in [0.29, 0.717) is 38.3 Å². The maximum absolute atomic E-state index is 12.8. The van der Waals surface area contributed by atoms with E-state index in [9.17, 15) is 9.59 Å². The number of nitrogens with zero attached hydrogens (tertiary/aromatic N) is 3. The number of nitrogens with one attached hydrogen (secondary N) is 2. The van der Waals surface area contributed by atoms with Gasteiger partial charge in [-0.15, -0.1) is 0 Å². The van der Waals surface area contributed by atoms with Crippen molar-refractivity contribution >= 4 is 11.9 Å². The average Bonchev–Trinajstić information content (AvgIpc) is 3.03. The van der Waals surface area contributed by atoms with Crippen LogP contribution in [0.25, 0.3) is 11.4 Å². The Morgan fingerprint density at radius 2 is 1.68 bits per heavy atom. The second kappa shape index (κ2) is 9.47. The largest absolute Gasteiger partial charge is 0.354 e. The molecule has 0 spiro atoms. The third-order valence-electron chi connectivity index (χ3n) is 5.58. The molecular weight excluding hydrogens is 390 g/mol. The van der Waals surface area contributed by atoms with Crippen LogP contribution < -0.4 is 10.6 Å². The van der Waals surface area contributed by atoms with Crippen LogP contribution in [0.5, 0.6) is 0 Å². The molecule has 0 bridgehead atoms. The smallest absolute Gasteiger partial charge is 0.317 e. The fourth-order valence-electron chi connectivity index (χ4n) is 3.94. The summed E-state index contributed by atoms with van der Waals surface area (Å²) in [5.41, 5.74) is 3.47. The van der Waals surface area contributed by atoms with Crippen molar-refractivity contribution in [2.24, 2.45) is 0 Å². The van der Waals surface area contributed by atoms with Crippen molar-refractivity contribution in [2.45, 2.75) is 19.4 Å². The zero-order valence-electron chi connectivity index (χ0n) is 17.7. The zero-order valence-corrected chi connectivity index (χ0v) is 17.7. The summed E-state index contributed by atoms with van der Waals surface area (Å²) in [7, 11) is 1.61. The number of carbonyl (C=O) groups is 2. The van der Waals surface area contributed by atoms with Crippen LogP contribution in [0.15, 0.2) is 60.7 Å². The second-order valence-electron chi connectivity index (χ2n) is 7.53. The molecule has 0 saturated carbocycles. The summed E-state index contributed by atoms with van der Waals surface area (Å²) in [6.07, 6.45) is 1.37. The lowest BCUT2D eigenvalue weighted by atomic mass is 10.1. The number of hydrogen-bond acceptors (Lipinski definition) is 3. The van der Waals surface area contributed by atoms with Gasteiger partial charge >= 0.3 is 6.03 Å². The number of fused-ring (bicyclic) bond motifs is 1. The normalized spacial score (nSPS) is 13.3. The highest BCUT2D eigenvalue weighted by atomic mass is 16.2. The molecule has 2 heterocycles. The van der Waals surface area contributed by atoms with Gasteiger partial charge in [0.1, 0.15) is 11.5 Å². The van der Waals surface area contributed by atoms with Gasteiger partial charge in [-0.2, -0.15) is 0 Å². The molecule has 0 fully saturated rings. The second-order valence-corrected chi connectivity index (χ2v) is 7.53. The SMILES string of the molecule is CNC(=O)c1nc(-c2ccccc2)n2c1CCN(C(=O)NCCc1ccccc1)CC2. The van der Waals surface area contributed by atoms with E-state index >= 15 is 0 Å². The molecule has 7 heteroatoms. The third-order valence-corrected chi connectivity index (χ3v) is 5.58. The van der Waals surface area contributed by atoms with E-state index in [4.69, 9.17) is 0 Å². The first kappa shape index (κ1) is 20.7. The minimum absolute atomic E-state index is 0.0719. The first-order valence-corrected chi connectivity index (χ1v) is 10.6. The Balaban J connectivity index is 1.48. The summed E-state index contributed by atoms with van der Waals surface area (Å²) in [6, 6.07) is 19.9. The van der Waals surface area contributed by atoms with E-state index < -0.39 is 0 Å². The van der Waals surface area contributed by atoms with Crippen LogP contribution in [0.2, 0.25) is 0 Å². The first-order valence-electron chi connectivity index (χ1n) is 10.6. The Morgan fingerprint density at radius 1 is 0.968 bits per heavy atom. The third kappa shape index (κ3) is 4.60. The summed E-state index contributed by atoms with van der Waals surface area (Å²) >= 11 is 0. The predicted molar refractivity (Wildman–Crippen MR) is 120 cm³/mol. The van der Waals surface area contributed by atoms with E-state index in [1.54, 1.807) is 7.05 Å². The topological polar surface area (TPSA) is 79.3 Å². The van der Waals surface area contributed by atoms with Gasteiger partial charge in [0.25, 0.3) is 5.91 Å². The van der Waals surface area contributed by atoms with Gasteiger partial charge in [0.15, 0.2) is 0 Å². The molecule has 0 atom stereocenters. The van der Waals surface area contributed by atoms with Crippen LogP contribution in [-0.4, -0.2) is 53.1 Å². The summed E-state index contributed by atoms with van der Waals surface area (Å²) < 4.78 is 2.08.